The van der Waals surface area contributed by atoms with Crippen molar-refractivity contribution >= 4 is 24.0 Å². The summed E-state index contributed by atoms with van der Waals surface area (Å²) in [5.41, 5.74) is 6.67. The number of nitrogens with two attached hydrogens (primary N) is 1. The molecule has 1 amide bonds. The first-order valence-corrected chi connectivity index (χ1v) is 12.2. The molecule has 2 unspecified atom stereocenters. The fourth-order valence-corrected chi connectivity index (χ4v) is 4.07. The van der Waals surface area contributed by atoms with Crippen molar-refractivity contribution in [3.63, 3.8) is 0 Å². The minimum absolute atomic E-state index is 0.0679. The van der Waals surface area contributed by atoms with E-state index in [0.717, 1.165) is 19.5 Å². The van der Waals surface area contributed by atoms with Gasteiger partial charge >= 0.3 is 0 Å². The quantitative estimate of drug-likeness (QED) is 0.405. The van der Waals surface area contributed by atoms with Crippen LogP contribution in [0.25, 0.3) is 0 Å². The predicted molar refractivity (Wildman–Crippen MR) is 140 cm³/mol. The van der Waals surface area contributed by atoms with Gasteiger partial charge in [-0.3, -0.25) is 14.4 Å². The van der Waals surface area contributed by atoms with Gasteiger partial charge in [-0.1, -0.05) is 0 Å². The van der Waals surface area contributed by atoms with Gasteiger partial charge in [0.15, 0.2) is 0 Å². The zero-order valence-electron chi connectivity index (χ0n) is 22.7. The van der Waals surface area contributed by atoms with Crippen molar-refractivity contribution in [1.82, 2.24) is 15.1 Å². The molecule has 2 heterocycles. The maximum absolute atomic E-state index is 12.8. The van der Waals surface area contributed by atoms with Crippen LogP contribution in [0.4, 0.5) is 5.82 Å². The Morgan fingerprint density at radius 3 is 2.24 bits per heavy atom. The summed E-state index contributed by atoms with van der Waals surface area (Å²) in [4.78, 5) is 34.9. The molecule has 0 aliphatic carbocycles. The first kappa shape index (κ1) is 29.6. The van der Waals surface area contributed by atoms with Crippen LogP contribution in [0.15, 0.2) is 18.2 Å². The van der Waals surface area contributed by atoms with E-state index in [9.17, 15) is 14.4 Å². The van der Waals surface area contributed by atoms with Gasteiger partial charge in [-0.15, -0.1) is 0 Å². The number of carbonyl (C=O) groups is 3. The monoisotopic (exact) mass is 517 g/mol. The van der Waals surface area contributed by atoms with E-state index < -0.39 is 11.8 Å². The number of nitrogens with zero attached hydrogens (tertiary/aromatic N) is 2. The van der Waals surface area contributed by atoms with Gasteiger partial charge in [-0.2, -0.15) is 5.10 Å². The van der Waals surface area contributed by atoms with E-state index in [-0.39, 0.29) is 23.0 Å². The Morgan fingerprint density at radius 2 is 1.86 bits per heavy atom. The summed E-state index contributed by atoms with van der Waals surface area (Å²) in [5, 5.41) is 11.3. The summed E-state index contributed by atoms with van der Waals surface area (Å²) in [6, 6.07) is 5.30. The zero-order chi connectivity index (χ0) is 27.8. The summed E-state index contributed by atoms with van der Waals surface area (Å²) in [5.74, 6) is 0.0637. The highest BCUT2D eigenvalue weighted by Crippen LogP contribution is 2.37. The molecule has 1 aromatic heterocycles. The van der Waals surface area contributed by atoms with Gasteiger partial charge < -0.3 is 30.6 Å². The van der Waals surface area contributed by atoms with Gasteiger partial charge in [-0.05, 0) is 65.3 Å². The lowest BCUT2D eigenvalue weighted by Crippen LogP contribution is -2.20. The number of rotatable bonds is 10. The fourth-order valence-electron chi connectivity index (χ4n) is 4.07. The molecule has 0 radical (unpaired) electrons. The molecular weight excluding hydrogens is 478 g/mol. The molecule has 11 heteroatoms. The smallest absolute Gasteiger partial charge is 0.293 e. The molecule has 0 spiro atoms. The lowest BCUT2D eigenvalue weighted by Gasteiger charge is -2.16. The molecule has 11 nitrogen and oxygen atoms in total. The second kappa shape index (κ2) is 13.1. The SMILES string of the molecule is CC(C)(C)OC=O.CCNc1c(C(N)=O)c(C(C(C)=O)c2cc(OC)cc(OC)c2)nn1C1CCNC1. The Hall–Kier alpha value is -3.60. The van der Waals surface area contributed by atoms with Gasteiger partial charge in [0.1, 0.15) is 34.3 Å². The molecule has 204 valence electrons. The van der Waals surface area contributed by atoms with Crippen molar-refractivity contribution in [2.75, 3.05) is 39.2 Å². The molecular formula is C26H39N5O6. The highest BCUT2D eigenvalue weighted by atomic mass is 16.5. The molecule has 3 rings (SSSR count). The number of amides is 1. The molecule has 1 fully saturated rings. The van der Waals surface area contributed by atoms with Gasteiger partial charge in [0, 0.05) is 19.2 Å². The van der Waals surface area contributed by atoms with Crippen molar-refractivity contribution in [3.05, 3.63) is 35.0 Å². The summed E-state index contributed by atoms with van der Waals surface area (Å²) in [6.07, 6.45) is 0.870. The minimum Gasteiger partial charge on any atom is -0.497 e. The molecule has 0 saturated carbocycles. The minimum atomic E-state index is -0.787. The molecule has 1 aliphatic rings. The first-order chi connectivity index (χ1) is 17.5. The average Bonchev–Trinajstić information content (AvgIpc) is 3.47. The first-order valence-electron chi connectivity index (χ1n) is 12.2. The Labute approximate surface area is 218 Å². The third-order valence-electron chi connectivity index (χ3n) is 5.70. The van der Waals surface area contributed by atoms with Crippen LogP contribution in [0.3, 0.4) is 0 Å². The lowest BCUT2D eigenvalue weighted by molar-refractivity contribution is -0.138. The van der Waals surface area contributed by atoms with Crippen LogP contribution in [0.2, 0.25) is 0 Å². The highest BCUT2D eigenvalue weighted by Gasteiger charge is 2.34. The van der Waals surface area contributed by atoms with E-state index in [1.165, 1.54) is 6.92 Å². The number of carbonyl (C=O) groups excluding carboxylic acids is 3. The topological polar surface area (TPSA) is 147 Å². The number of anilines is 1. The Bertz CT molecular complexity index is 1060. The van der Waals surface area contributed by atoms with E-state index in [0.29, 0.717) is 41.6 Å². The van der Waals surface area contributed by atoms with Crippen LogP contribution in [-0.4, -0.2) is 67.4 Å². The molecule has 1 saturated heterocycles. The second-order valence-corrected chi connectivity index (χ2v) is 9.61. The fraction of sp³-hybridized carbons (Fsp3) is 0.538. The van der Waals surface area contributed by atoms with E-state index >= 15 is 0 Å². The molecule has 4 N–H and O–H groups in total. The summed E-state index contributed by atoms with van der Waals surface area (Å²) < 4.78 is 17.1. The van der Waals surface area contributed by atoms with Crippen LogP contribution >= 0.6 is 0 Å². The highest BCUT2D eigenvalue weighted by molar-refractivity contribution is 6.01. The molecule has 2 aromatic rings. The zero-order valence-corrected chi connectivity index (χ0v) is 22.7. The number of methoxy groups -OCH3 is 2. The van der Waals surface area contributed by atoms with E-state index in [1.807, 2.05) is 27.7 Å². The number of hydrogen-bond acceptors (Lipinski definition) is 9. The molecule has 1 aromatic carbocycles. The van der Waals surface area contributed by atoms with Crippen LogP contribution in [-0.2, 0) is 14.3 Å². The number of Topliss-reactive ketones (excluding diaryl/α,β-unsaturated/α-hetero) is 1. The van der Waals surface area contributed by atoms with Crippen molar-refractivity contribution < 1.29 is 28.6 Å². The average molecular weight is 518 g/mol. The Kier molecular flexibility index (Phi) is 10.5. The van der Waals surface area contributed by atoms with E-state index in [4.69, 9.17) is 20.3 Å². The Balaban J connectivity index is 0.000000604. The van der Waals surface area contributed by atoms with Crippen molar-refractivity contribution in [2.45, 2.75) is 58.6 Å². The summed E-state index contributed by atoms with van der Waals surface area (Å²) in [7, 11) is 3.09. The molecule has 1 aliphatic heterocycles. The van der Waals surface area contributed by atoms with E-state index in [1.54, 1.807) is 37.1 Å². The van der Waals surface area contributed by atoms with Gasteiger partial charge in [0.25, 0.3) is 12.4 Å². The molecule has 0 bridgehead atoms. The summed E-state index contributed by atoms with van der Waals surface area (Å²) in [6.45, 7) is 11.5. The number of primary amides is 1. The summed E-state index contributed by atoms with van der Waals surface area (Å²) >= 11 is 0. The number of aromatic nitrogens is 2. The van der Waals surface area contributed by atoms with Crippen molar-refractivity contribution in [3.8, 4) is 11.5 Å². The predicted octanol–water partition coefficient (Wildman–Crippen LogP) is 2.64. The maximum atomic E-state index is 12.8. The molecule has 2 atom stereocenters. The lowest BCUT2D eigenvalue weighted by atomic mass is 9.89. The normalized spacial score (nSPS) is 15.7. The second-order valence-electron chi connectivity index (χ2n) is 9.61. The van der Waals surface area contributed by atoms with Gasteiger partial charge in [0.2, 0.25) is 0 Å². The van der Waals surface area contributed by atoms with E-state index in [2.05, 4.69) is 15.4 Å². The number of hydrogen-bond donors (Lipinski definition) is 3. The van der Waals surface area contributed by atoms with Crippen LogP contribution in [0.1, 0.15) is 74.6 Å². The Morgan fingerprint density at radius 1 is 1.24 bits per heavy atom. The standard InChI is InChI=1S/C21H29N5O4.C5H10O2/c1-5-24-21-18(20(22)28)19(25-26(21)14-6-7-23-11-14)17(12(2)27)13-8-15(29-3)10-16(9-13)30-4;1-5(2,3)7-4-6/h8-10,14,17,23-24H,5-7,11H2,1-4H3,(H2,22,28);4H,1-3H3. The number of nitrogens with one attached hydrogen (secondary N) is 2. The maximum Gasteiger partial charge on any atom is 0.293 e. The van der Waals surface area contributed by atoms with Crippen molar-refractivity contribution in [1.29, 1.82) is 0 Å². The van der Waals surface area contributed by atoms with Gasteiger partial charge in [-0.25, -0.2) is 4.68 Å². The number of benzene rings is 1. The van der Waals surface area contributed by atoms with Crippen LogP contribution in [0.5, 0.6) is 11.5 Å². The van der Waals surface area contributed by atoms with Crippen molar-refractivity contribution in [2.24, 2.45) is 5.73 Å². The van der Waals surface area contributed by atoms with Gasteiger partial charge in [0.05, 0.1) is 31.9 Å². The van der Waals surface area contributed by atoms with Crippen LogP contribution in [0, 0.1) is 0 Å². The molecule has 37 heavy (non-hydrogen) atoms. The van der Waals surface area contributed by atoms with Crippen LogP contribution < -0.4 is 25.8 Å². The number of ether oxygens (including phenoxy) is 3. The largest absolute Gasteiger partial charge is 0.497 e. The third-order valence-corrected chi connectivity index (χ3v) is 5.70. The third kappa shape index (κ3) is 7.69. The number of ketones is 1.